The van der Waals surface area contributed by atoms with E-state index in [0.29, 0.717) is 5.02 Å². The molecule has 0 amide bonds. The molecule has 2 aliphatic rings. The molecule has 0 radical (unpaired) electrons. The molecule has 0 fully saturated rings. The molecule has 0 saturated heterocycles. The van der Waals surface area contributed by atoms with Gasteiger partial charge in [-0.1, -0.05) is 39.7 Å². The van der Waals surface area contributed by atoms with Crippen molar-refractivity contribution in [3.63, 3.8) is 0 Å². The minimum absolute atomic E-state index is 0.146. The molecule has 0 unspecified atom stereocenters. The zero-order chi connectivity index (χ0) is 18.5. The highest BCUT2D eigenvalue weighted by Gasteiger charge is 2.41. The molecule has 3 heterocycles. The van der Waals surface area contributed by atoms with E-state index in [2.05, 4.69) is 46.1 Å². The number of hydrogen-bond acceptors (Lipinski definition) is 4. The van der Waals surface area contributed by atoms with Gasteiger partial charge in [0.25, 0.3) is 0 Å². The maximum atomic E-state index is 6.37. The SMILES string of the molecule is Cc1ccc(C2=NN3[C@@H](c4cccc(Cl)c4)Oc4ccc(Br)cc4[C@@H]3C2)s1. The van der Waals surface area contributed by atoms with Gasteiger partial charge in [-0.2, -0.15) is 5.10 Å². The van der Waals surface area contributed by atoms with E-state index in [9.17, 15) is 0 Å². The second kappa shape index (κ2) is 6.66. The molecule has 0 aliphatic carbocycles. The molecule has 0 saturated carbocycles. The molecule has 2 aliphatic heterocycles. The highest BCUT2D eigenvalue weighted by Crippen LogP contribution is 2.48. The Balaban J connectivity index is 1.62. The van der Waals surface area contributed by atoms with Crippen molar-refractivity contribution in [2.45, 2.75) is 25.6 Å². The van der Waals surface area contributed by atoms with Gasteiger partial charge in [0, 0.05) is 31.9 Å². The van der Waals surface area contributed by atoms with Crippen molar-refractivity contribution in [2.24, 2.45) is 5.10 Å². The number of halogens is 2. The molecule has 6 heteroatoms. The Morgan fingerprint density at radius 1 is 1.19 bits per heavy atom. The molecule has 136 valence electrons. The van der Waals surface area contributed by atoms with E-state index in [4.69, 9.17) is 21.4 Å². The first-order valence-corrected chi connectivity index (χ1v) is 10.7. The summed E-state index contributed by atoms with van der Waals surface area (Å²) < 4.78 is 7.42. The van der Waals surface area contributed by atoms with Gasteiger partial charge in [-0.15, -0.1) is 11.3 Å². The van der Waals surface area contributed by atoms with E-state index in [-0.39, 0.29) is 12.3 Å². The smallest absolute Gasteiger partial charge is 0.213 e. The Labute approximate surface area is 175 Å². The van der Waals surface area contributed by atoms with Crippen LogP contribution in [0.4, 0.5) is 0 Å². The minimum Gasteiger partial charge on any atom is -0.464 e. The summed E-state index contributed by atoms with van der Waals surface area (Å²) in [6.45, 7) is 2.13. The number of hydrazone groups is 1. The van der Waals surface area contributed by atoms with Crippen LogP contribution < -0.4 is 4.74 Å². The van der Waals surface area contributed by atoms with Crippen LogP contribution in [0.15, 0.2) is 64.2 Å². The van der Waals surface area contributed by atoms with E-state index in [1.807, 2.05) is 36.4 Å². The van der Waals surface area contributed by atoms with Crippen molar-refractivity contribution in [2.75, 3.05) is 0 Å². The quantitative estimate of drug-likeness (QED) is 0.425. The van der Waals surface area contributed by atoms with Gasteiger partial charge in [0.2, 0.25) is 6.23 Å². The largest absolute Gasteiger partial charge is 0.464 e. The Morgan fingerprint density at radius 2 is 2.07 bits per heavy atom. The lowest BCUT2D eigenvalue weighted by molar-refractivity contribution is -0.0190. The molecule has 5 rings (SSSR count). The normalized spacial score (nSPS) is 20.7. The average molecular weight is 460 g/mol. The van der Waals surface area contributed by atoms with Crippen LogP contribution in [0.3, 0.4) is 0 Å². The lowest BCUT2D eigenvalue weighted by Crippen LogP contribution is -2.33. The van der Waals surface area contributed by atoms with Crippen molar-refractivity contribution < 1.29 is 4.74 Å². The summed E-state index contributed by atoms with van der Waals surface area (Å²) in [6, 6.07) is 18.5. The summed E-state index contributed by atoms with van der Waals surface area (Å²) >= 11 is 11.6. The van der Waals surface area contributed by atoms with Crippen LogP contribution in [0, 0.1) is 6.92 Å². The van der Waals surface area contributed by atoms with E-state index in [0.717, 1.165) is 33.5 Å². The molecule has 2 atom stereocenters. The number of hydrogen-bond donors (Lipinski definition) is 0. The summed E-state index contributed by atoms with van der Waals surface area (Å²) in [5, 5.41) is 7.78. The second-order valence-corrected chi connectivity index (χ2v) is 9.40. The molecule has 3 aromatic rings. The fourth-order valence-corrected chi connectivity index (χ4v) is 5.12. The molecule has 0 bridgehead atoms. The van der Waals surface area contributed by atoms with Gasteiger partial charge in [-0.3, -0.25) is 0 Å². The molecule has 0 N–H and O–H groups in total. The first-order valence-electron chi connectivity index (χ1n) is 8.73. The maximum Gasteiger partial charge on any atom is 0.213 e. The second-order valence-electron chi connectivity index (χ2n) is 6.76. The first kappa shape index (κ1) is 17.3. The van der Waals surface area contributed by atoms with Crippen LogP contribution in [0.2, 0.25) is 5.02 Å². The maximum absolute atomic E-state index is 6.37. The van der Waals surface area contributed by atoms with E-state index in [1.54, 1.807) is 11.3 Å². The summed E-state index contributed by atoms with van der Waals surface area (Å²) in [6.07, 6.45) is 0.574. The third-order valence-electron chi connectivity index (χ3n) is 4.91. The van der Waals surface area contributed by atoms with Crippen molar-refractivity contribution >= 4 is 44.6 Å². The molecular weight excluding hydrogens is 444 g/mol. The number of thiophene rings is 1. The third kappa shape index (κ3) is 3.08. The fraction of sp³-hybridized carbons (Fsp3) is 0.190. The lowest BCUT2D eigenvalue weighted by Gasteiger charge is -2.38. The lowest BCUT2D eigenvalue weighted by atomic mass is 9.98. The Bertz CT molecular complexity index is 1060. The van der Waals surface area contributed by atoms with Crippen LogP contribution in [-0.4, -0.2) is 10.7 Å². The Hall–Kier alpha value is -1.82. The monoisotopic (exact) mass is 458 g/mol. The van der Waals surface area contributed by atoms with Crippen LogP contribution in [0.1, 0.15) is 39.6 Å². The van der Waals surface area contributed by atoms with Crippen LogP contribution in [0.25, 0.3) is 0 Å². The van der Waals surface area contributed by atoms with Crippen LogP contribution in [0.5, 0.6) is 5.75 Å². The van der Waals surface area contributed by atoms with Gasteiger partial charge >= 0.3 is 0 Å². The Kier molecular flexibility index (Phi) is 4.26. The van der Waals surface area contributed by atoms with Crippen LogP contribution >= 0.6 is 38.9 Å². The topological polar surface area (TPSA) is 24.8 Å². The van der Waals surface area contributed by atoms with Gasteiger partial charge in [0.15, 0.2) is 0 Å². The van der Waals surface area contributed by atoms with Crippen molar-refractivity contribution in [3.8, 4) is 5.75 Å². The van der Waals surface area contributed by atoms with Crippen LogP contribution in [-0.2, 0) is 0 Å². The van der Waals surface area contributed by atoms with Gasteiger partial charge in [0.1, 0.15) is 5.75 Å². The van der Waals surface area contributed by atoms with E-state index in [1.165, 1.54) is 9.75 Å². The summed E-state index contributed by atoms with van der Waals surface area (Å²) in [4.78, 5) is 2.52. The summed E-state index contributed by atoms with van der Waals surface area (Å²) in [5.41, 5.74) is 3.28. The standard InChI is InChI=1S/C21H16BrClN2OS/c1-12-5-8-20(27-12)17-11-18-16-10-14(22)6-7-19(16)26-21(25(18)24-17)13-3-2-4-15(23)9-13/h2-10,18,21H,11H2,1H3/t18-,21+/m0/s1. The van der Waals surface area contributed by atoms with E-state index < -0.39 is 0 Å². The van der Waals surface area contributed by atoms with Crippen molar-refractivity contribution in [1.29, 1.82) is 0 Å². The van der Waals surface area contributed by atoms with E-state index >= 15 is 0 Å². The number of ether oxygens (including phenoxy) is 1. The van der Waals surface area contributed by atoms with Gasteiger partial charge in [0.05, 0.1) is 16.6 Å². The zero-order valence-corrected chi connectivity index (χ0v) is 17.7. The molecule has 0 spiro atoms. The zero-order valence-electron chi connectivity index (χ0n) is 14.5. The summed E-state index contributed by atoms with van der Waals surface area (Å²) in [7, 11) is 0. The van der Waals surface area contributed by atoms with Gasteiger partial charge < -0.3 is 4.74 Å². The Morgan fingerprint density at radius 3 is 2.85 bits per heavy atom. The minimum atomic E-state index is -0.291. The number of nitrogens with zero attached hydrogens (tertiary/aromatic N) is 2. The predicted octanol–water partition coefficient (Wildman–Crippen LogP) is 6.71. The fourth-order valence-electron chi connectivity index (χ4n) is 3.68. The van der Waals surface area contributed by atoms with Gasteiger partial charge in [-0.05, 0) is 49.4 Å². The average Bonchev–Trinajstić information content (AvgIpc) is 3.27. The first-order chi connectivity index (χ1) is 13.1. The third-order valence-corrected chi connectivity index (χ3v) is 6.69. The molecule has 2 aromatic carbocycles. The highest BCUT2D eigenvalue weighted by atomic mass is 79.9. The van der Waals surface area contributed by atoms with Crippen molar-refractivity contribution in [3.05, 3.63) is 85.0 Å². The van der Waals surface area contributed by atoms with Crippen molar-refractivity contribution in [1.82, 2.24) is 5.01 Å². The van der Waals surface area contributed by atoms with Gasteiger partial charge in [-0.25, -0.2) is 5.01 Å². The number of fused-ring (bicyclic) bond motifs is 3. The summed E-state index contributed by atoms with van der Waals surface area (Å²) in [5.74, 6) is 0.906. The highest BCUT2D eigenvalue weighted by molar-refractivity contribution is 9.10. The molecule has 3 nitrogen and oxygen atoms in total. The molecular formula is C21H16BrClN2OS. The predicted molar refractivity (Wildman–Crippen MR) is 114 cm³/mol. The molecule has 1 aromatic heterocycles. The number of aryl methyl sites for hydroxylation is 1. The number of benzene rings is 2. The molecule has 27 heavy (non-hydrogen) atoms. The number of rotatable bonds is 2.